The van der Waals surface area contributed by atoms with Crippen LogP contribution in [0.4, 0.5) is 0 Å². The van der Waals surface area contributed by atoms with Crippen LogP contribution in [0, 0.1) is 0 Å². The lowest BCUT2D eigenvalue weighted by atomic mass is 10.2. The Labute approximate surface area is 124 Å². The summed E-state index contributed by atoms with van der Waals surface area (Å²) in [6.45, 7) is 1.45. The van der Waals surface area contributed by atoms with Gasteiger partial charge < -0.3 is 10.3 Å². The first-order valence-corrected chi connectivity index (χ1v) is 5.61. The summed E-state index contributed by atoms with van der Waals surface area (Å²) in [4.78, 5) is 4.28. The molecule has 0 aliphatic rings. The second-order valence-electron chi connectivity index (χ2n) is 3.70. The van der Waals surface area contributed by atoms with Gasteiger partial charge in [0.05, 0.1) is 12.0 Å². The summed E-state index contributed by atoms with van der Waals surface area (Å²) in [5.41, 5.74) is 7.72. The van der Waals surface area contributed by atoms with Crippen molar-refractivity contribution < 1.29 is 0 Å². The summed E-state index contributed by atoms with van der Waals surface area (Å²) in [7, 11) is 0. The molecule has 0 amide bonds. The van der Waals surface area contributed by atoms with E-state index in [0.29, 0.717) is 6.54 Å². The molecule has 18 heavy (non-hydrogen) atoms. The van der Waals surface area contributed by atoms with Crippen molar-refractivity contribution in [2.24, 2.45) is 5.73 Å². The van der Waals surface area contributed by atoms with Crippen molar-refractivity contribution in [2.45, 2.75) is 13.0 Å². The van der Waals surface area contributed by atoms with Crippen LogP contribution in [-0.2, 0) is 13.0 Å². The van der Waals surface area contributed by atoms with Crippen molar-refractivity contribution in [3.63, 3.8) is 0 Å². The van der Waals surface area contributed by atoms with Crippen molar-refractivity contribution >= 4 is 36.4 Å². The zero-order valence-corrected chi connectivity index (χ0v) is 12.1. The van der Waals surface area contributed by atoms with E-state index in [1.54, 1.807) is 0 Å². The van der Waals surface area contributed by atoms with Gasteiger partial charge in [0.1, 0.15) is 0 Å². The number of nitrogens with zero attached hydrogens (tertiary/aromatic N) is 2. The average molecular weight is 309 g/mol. The Kier molecular flexibility index (Phi) is 8.03. The largest absolute Gasteiger partial charge is 0.333 e. The minimum atomic E-state index is 0. The van der Waals surface area contributed by atoms with Gasteiger partial charge in [0.25, 0.3) is 0 Å². The molecule has 0 aliphatic carbocycles. The Balaban J connectivity index is 0.00000144. The van der Waals surface area contributed by atoms with Crippen molar-refractivity contribution in [3.8, 4) is 0 Å². The zero-order chi connectivity index (χ0) is 11.4. The SMILES string of the molecule is Cl.Cl.NCCc1cn(Cc2ccc(Cl)cc2)cn1. The van der Waals surface area contributed by atoms with Crippen LogP contribution in [0.25, 0.3) is 0 Å². The van der Waals surface area contributed by atoms with E-state index in [2.05, 4.69) is 4.98 Å². The highest BCUT2D eigenvalue weighted by molar-refractivity contribution is 6.30. The van der Waals surface area contributed by atoms with Gasteiger partial charge in [-0.3, -0.25) is 0 Å². The number of nitrogens with two attached hydrogens (primary N) is 1. The molecule has 3 nitrogen and oxygen atoms in total. The molecule has 0 aliphatic heterocycles. The van der Waals surface area contributed by atoms with E-state index >= 15 is 0 Å². The van der Waals surface area contributed by atoms with Crippen molar-refractivity contribution in [3.05, 3.63) is 53.1 Å². The van der Waals surface area contributed by atoms with Crippen LogP contribution in [0.2, 0.25) is 5.02 Å². The Morgan fingerprint density at radius 3 is 2.44 bits per heavy atom. The molecule has 0 saturated heterocycles. The lowest BCUT2D eigenvalue weighted by Gasteiger charge is -2.02. The third kappa shape index (κ3) is 4.86. The third-order valence-electron chi connectivity index (χ3n) is 2.37. The smallest absolute Gasteiger partial charge is 0.0952 e. The van der Waals surface area contributed by atoms with Crippen LogP contribution in [0.15, 0.2) is 36.8 Å². The maximum absolute atomic E-state index is 5.83. The second kappa shape index (κ2) is 8.38. The molecule has 2 rings (SSSR count). The van der Waals surface area contributed by atoms with Crippen LogP contribution in [-0.4, -0.2) is 16.1 Å². The van der Waals surface area contributed by atoms with Gasteiger partial charge in [-0.05, 0) is 24.2 Å². The normalized spacial score (nSPS) is 9.44. The summed E-state index contributed by atoms with van der Waals surface area (Å²) in [5.74, 6) is 0. The number of benzene rings is 1. The molecule has 0 spiro atoms. The summed E-state index contributed by atoms with van der Waals surface area (Å²) in [6, 6.07) is 7.83. The van der Waals surface area contributed by atoms with Crippen LogP contribution in [0.5, 0.6) is 0 Å². The molecule has 0 fully saturated rings. The second-order valence-corrected chi connectivity index (χ2v) is 4.14. The molecular weight excluding hydrogens is 293 g/mol. The standard InChI is InChI=1S/C12H14ClN3.2ClH/c13-11-3-1-10(2-4-11)7-16-8-12(5-6-14)15-9-16;;/h1-4,8-9H,5-7,14H2;2*1H. The average Bonchev–Trinajstić information content (AvgIpc) is 2.70. The molecule has 2 aromatic rings. The first kappa shape index (κ1) is 17.3. The fourth-order valence-electron chi connectivity index (χ4n) is 1.57. The van der Waals surface area contributed by atoms with E-state index in [1.165, 1.54) is 5.56 Å². The van der Waals surface area contributed by atoms with Gasteiger partial charge in [0, 0.05) is 24.2 Å². The highest BCUT2D eigenvalue weighted by Gasteiger charge is 1.99. The minimum Gasteiger partial charge on any atom is -0.333 e. The third-order valence-corrected chi connectivity index (χ3v) is 2.62. The Morgan fingerprint density at radius 1 is 1.17 bits per heavy atom. The van der Waals surface area contributed by atoms with Crippen LogP contribution >= 0.6 is 36.4 Å². The number of hydrogen-bond acceptors (Lipinski definition) is 2. The molecular formula is C12H16Cl3N3. The number of aromatic nitrogens is 2. The zero-order valence-electron chi connectivity index (χ0n) is 9.75. The first-order valence-electron chi connectivity index (χ1n) is 5.23. The summed E-state index contributed by atoms with van der Waals surface area (Å²) in [6.07, 6.45) is 4.69. The van der Waals surface area contributed by atoms with Crippen LogP contribution in [0.3, 0.4) is 0 Å². The van der Waals surface area contributed by atoms with Crippen LogP contribution < -0.4 is 5.73 Å². The molecule has 0 atom stereocenters. The molecule has 6 heteroatoms. The first-order chi connectivity index (χ1) is 7.78. The molecule has 0 saturated carbocycles. The van der Waals surface area contributed by atoms with Crippen LogP contribution in [0.1, 0.15) is 11.3 Å². The number of rotatable bonds is 4. The highest BCUT2D eigenvalue weighted by Crippen LogP contribution is 2.10. The highest BCUT2D eigenvalue weighted by atomic mass is 35.5. The van der Waals surface area contributed by atoms with Gasteiger partial charge in [-0.2, -0.15) is 0 Å². The van der Waals surface area contributed by atoms with E-state index < -0.39 is 0 Å². The van der Waals surface area contributed by atoms with Gasteiger partial charge in [0.2, 0.25) is 0 Å². The molecule has 0 radical (unpaired) electrons. The molecule has 1 aromatic carbocycles. The minimum absolute atomic E-state index is 0. The predicted octanol–water partition coefficient (Wildman–Crippen LogP) is 2.93. The fourth-order valence-corrected chi connectivity index (χ4v) is 1.70. The number of imidazole rings is 1. The summed E-state index contributed by atoms with van der Waals surface area (Å²) >= 11 is 5.83. The van der Waals surface area contributed by atoms with Gasteiger partial charge in [0.15, 0.2) is 0 Å². The van der Waals surface area contributed by atoms with Gasteiger partial charge in [-0.25, -0.2) is 4.98 Å². The lowest BCUT2D eigenvalue weighted by molar-refractivity contribution is 0.795. The number of halogens is 3. The van der Waals surface area contributed by atoms with Crippen molar-refractivity contribution in [1.29, 1.82) is 0 Å². The van der Waals surface area contributed by atoms with E-state index in [0.717, 1.165) is 23.7 Å². The maximum Gasteiger partial charge on any atom is 0.0952 e. The molecule has 100 valence electrons. The summed E-state index contributed by atoms with van der Waals surface area (Å²) in [5, 5.41) is 0.762. The van der Waals surface area contributed by atoms with Crippen molar-refractivity contribution in [1.82, 2.24) is 9.55 Å². The monoisotopic (exact) mass is 307 g/mol. The quantitative estimate of drug-likeness (QED) is 0.944. The lowest BCUT2D eigenvalue weighted by Crippen LogP contribution is -2.02. The molecule has 0 bridgehead atoms. The Bertz CT molecular complexity index is 454. The van der Waals surface area contributed by atoms with Crippen molar-refractivity contribution in [2.75, 3.05) is 6.54 Å². The van der Waals surface area contributed by atoms with E-state index in [-0.39, 0.29) is 24.8 Å². The molecule has 1 heterocycles. The topological polar surface area (TPSA) is 43.8 Å². The fraction of sp³-hybridized carbons (Fsp3) is 0.250. The van der Waals surface area contributed by atoms with E-state index in [9.17, 15) is 0 Å². The van der Waals surface area contributed by atoms with E-state index in [1.807, 2.05) is 41.4 Å². The van der Waals surface area contributed by atoms with E-state index in [4.69, 9.17) is 17.3 Å². The summed E-state index contributed by atoms with van der Waals surface area (Å²) < 4.78 is 2.05. The molecule has 2 N–H and O–H groups in total. The maximum atomic E-state index is 5.83. The Morgan fingerprint density at radius 2 is 1.83 bits per heavy atom. The predicted molar refractivity (Wildman–Crippen MR) is 80.0 cm³/mol. The Hall–Kier alpha value is -0.740. The molecule has 0 unspecified atom stereocenters. The van der Waals surface area contributed by atoms with Gasteiger partial charge >= 0.3 is 0 Å². The van der Waals surface area contributed by atoms with Gasteiger partial charge in [-0.1, -0.05) is 23.7 Å². The van der Waals surface area contributed by atoms with Gasteiger partial charge in [-0.15, -0.1) is 24.8 Å². The molecule has 1 aromatic heterocycles. The number of hydrogen-bond donors (Lipinski definition) is 1.